The molecule has 1 aromatic carbocycles. The molecule has 31 heavy (non-hydrogen) atoms. The van der Waals surface area contributed by atoms with Gasteiger partial charge in [0.25, 0.3) is 5.69 Å². The molecule has 1 aliphatic rings. The number of benzene rings is 1. The number of allylic oxidation sites excluding steroid dienone is 2. The minimum Gasteiger partial charge on any atom is -0.493 e. The standard InChI is InChI=1S/C21H25BrN2O7/c1-12-17(20(25)29-3)19(18(13(2)23-12)21(26)30-4)15-11-14(24(27)28)7-8-16(15)31-10-6-5-9-22/h7-8,11,19,23H,5-6,9-10H2,1-4H3. The van der Waals surface area contributed by atoms with Gasteiger partial charge in [-0.25, -0.2) is 9.59 Å². The van der Waals surface area contributed by atoms with Crippen molar-refractivity contribution >= 4 is 33.6 Å². The summed E-state index contributed by atoms with van der Waals surface area (Å²) in [7, 11) is 2.46. The van der Waals surface area contributed by atoms with E-state index in [0.29, 0.717) is 29.3 Å². The number of carbonyl (C=O) groups excluding carboxylic acids is 2. The molecule has 168 valence electrons. The topological polar surface area (TPSA) is 117 Å². The van der Waals surface area contributed by atoms with Gasteiger partial charge in [0.05, 0.1) is 42.8 Å². The van der Waals surface area contributed by atoms with E-state index in [1.54, 1.807) is 13.8 Å². The Morgan fingerprint density at radius 1 is 1.10 bits per heavy atom. The van der Waals surface area contributed by atoms with Gasteiger partial charge in [-0.2, -0.15) is 0 Å². The normalized spacial score (nSPS) is 14.2. The van der Waals surface area contributed by atoms with Gasteiger partial charge >= 0.3 is 11.9 Å². The third kappa shape index (κ3) is 5.43. The van der Waals surface area contributed by atoms with Gasteiger partial charge < -0.3 is 19.5 Å². The number of methoxy groups -OCH3 is 2. The van der Waals surface area contributed by atoms with Crippen molar-refractivity contribution in [3.8, 4) is 5.75 Å². The number of nitrogens with zero attached hydrogens (tertiary/aromatic N) is 1. The van der Waals surface area contributed by atoms with Gasteiger partial charge in [-0.3, -0.25) is 10.1 Å². The van der Waals surface area contributed by atoms with Crippen LogP contribution in [0.3, 0.4) is 0 Å². The van der Waals surface area contributed by atoms with Crippen LogP contribution in [0.2, 0.25) is 0 Å². The van der Waals surface area contributed by atoms with Crippen molar-refractivity contribution in [2.24, 2.45) is 0 Å². The number of rotatable bonds is 9. The summed E-state index contributed by atoms with van der Waals surface area (Å²) in [6, 6.07) is 4.13. The van der Waals surface area contributed by atoms with E-state index in [-0.39, 0.29) is 16.8 Å². The third-order valence-corrected chi connectivity index (χ3v) is 5.43. The lowest BCUT2D eigenvalue weighted by Crippen LogP contribution is -2.32. The zero-order valence-electron chi connectivity index (χ0n) is 17.8. The molecule has 1 N–H and O–H groups in total. The number of non-ortho nitro benzene ring substituents is 1. The second kappa shape index (κ2) is 10.9. The molecule has 0 aliphatic carbocycles. The molecular weight excluding hydrogens is 472 g/mol. The van der Waals surface area contributed by atoms with Crippen molar-refractivity contribution in [2.45, 2.75) is 32.6 Å². The number of ether oxygens (including phenoxy) is 3. The van der Waals surface area contributed by atoms with Gasteiger partial charge in [0, 0.05) is 34.4 Å². The average molecular weight is 497 g/mol. The Balaban J connectivity index is 2.72. The van der Waals surface area contributed by atoms with E-state index in [0.717, 1.165) is 18.2 Å². The number of alkyl halides is 1. The second-order valence-electron chi connectivity index (χ2n) is 6.84. The molecular formula is C21H25BrN2O7. The first-order valence-corrected chi connectivity index (χ1v) is 10.7. The van der Waals surface area contributed by atoms with Crippen molar-refractivity contribution in [2.75, 3.05) is 26.2 Å². The van der Waals surface area contributed by atoms with E-state index in [2.05, 4.69) is 21.2 Å². The van der Waals surface area contributed by atoms with Crippen LogP contribution in [0, 0.1) is 10.1 Å². The van der Waals surface area contributed by atoms with E-state index >= 15 is 0 Å². The van der Waals surface area contributed by atoms with Crippen LogP contribution < -0.4 is 10.1 Å². The van der Waals surface area contributed by atoms with Gasteiger partial charge in [-0.05, 0) is 32.8 Å². The van der Waals surface area contributed by atoms with E-state index in [9.17, 15) is 19.7 Å². The first kappa shape index (κ1) is 24.4. The van der Waals surface area contributed by atoms with Crippen LogP contribution in [-0.4, -0.2) is 43.0 Å². The molecule has 0 bridgehead atoms. The zero-order valence-corrected chi connectivity index (χ0v) is 19.4. The van der Waals surface area contributed by atoms with E-state index < -0.39 is 22.8 Å². The lowest BCUT2D eigenvalue weighted by Gasteiger charge is -2.30. The Labute approximate surface area is 188 Å². The van der Waals surface area contributed by atoms with Gasteiger partial charge in [0.1, 0.15) is 5.75 Å². The highest BCUT2D eigenvalue weighted by Gasteiger charge is 2.39. The van der Waals surface area contributed by atoms with Crippen LogP contribution >= 0.6 is 15.9 Å². The summed E-state index contributed by atoms with van der Waals surface area (Å²) in [6.07, 6.45) is 1.64. The summed E-state index contributed by atoms with van der Waals surface area (Å²) in [4.78, 5) is 36.3. The summed E-state index contributed by atoms with van der Waals surface area (Å²) in [6.45, 7) is 3.71. The molecule has 1 aliphatic heterocycles. The molecule has 0 unspecified atom stereocenters. The highest BCUT2D eigenvalue weighted by Crippen LogP contribution is 2.44. The molecule has 10 heteroatoms. The Hall–Kier alpha value is -2.88. The van der Waals surface area contributed by atoms with Crippen LogP contribution in [0.4, 0.5) is 5.69 Å². The van der Waals surface area contributed by atoms with Crippen molar-refractivity contribution in [1.29, 1.82) is 0 Å². The lowest BCUT2D eigenvalue weighted by molar-refractivity contribution is -0.384. The molecule has 1 heterocycles. The summed E-state index contributed by atoms with van der Waals surface area (Å²) in [5.41, 5.74) is 1.37. The number of hydrogen-bond acceptors (Lipinski definition) is 8. The largest absolute Gasteiger partial charge is 0.493 e. The first-order valence-electron chi connectivity index (χ1n) is 9.59. The van der Waals surface area contributed by atoms with Gasteiger partial charge in [-0.15, -0.1) is 0 Å². The number of hydrogen-bond donors (Lipinski definition) is 1. The van der Waals surface area contributed by atoms with E-state index in [1.807, 2.05) is 0 Å². The highest BCUT2D eigenvalue weighted by molar-refractivity contribution is 9.09. The molecule has 0 radical (unpaired) electrons. The van der Waals surface area contributed by atoms with Crippen LogP contribution in [0.15, 0.2) is 40.7 Å². The van der Waals surface area contributed by atoms with Crippen molar-refractivity contribution < 1.29 is 28.7 Å². The fourth-order valence-corrected chi connectivity index (χ4v) is 3.85. The number of esters is 2. The summed E-state index contributed by atoms with van der Waals surface area (Å²) in [5, 5.41) is 15.3. The molecule has 1 aromatic rings. The molecule has 0 amide bonds. The number of nitrogens with one attached hydrogen (secondary N) is 1. The molecule has 9 nitrogen and oxygen atoms in total. The van der Waals surface area contributed by atoms with Crippen LogP contribution in [0.25, 0.3) is 0 Å². The Morgan fingerprint density at radius 3 is 2.16 bits per heavy atom. The predicted octanol–water partition coefficient (Wildman–Crippen LogP) is 3.73. The molecule has 0 fully saturated rings. The van der Waals surface area contributed by atoms with E-state index in [1.165, 1.54) is 32.4 Å². The summed E-state index contributed by atoms with van der Waals surface area (Å²) in [5.74, 6) is -1.95. The molecule has 2 rings (SSSR count). The van der Waals surface area contributed by atoms with Crippen LogP contribution in [-0.2, 0) is 19.1 Å². The fraction of sp³-hybridized carbons (Fsp3) is 0.429. The number of unbranched alkanes of at least 4 members (excludes halogenated alkanes) is 1. The Kier molecular flexibility index (Phi) is 8.61. The van der Waals surface area contributed by atoms with Crippen molar-refractivity contribution in [3.05, 3.63) is 56.4 Å². The average Bonchev–Trinajstić information content (AvgIpc) is 2.75. The van der Waals surface area contributed by atoms with Gasteiger partial charge in [-0.1, -0.05) is 15.9 Å². The maximum Gasteiger partial charge on any atom is 0.336 e. The highest BCUT2D eigenvalue weighted by atomic mass is 79.9. The van der Waals surface area contributed by atoms with Gasteiger partial charge in [0.2, 0.25) is 0 Å². The predicted molar refractivity (Wildman–Crippen MR) is 117 cm³/mol. The fourth-order valence-electron chi connectivity index (χ4n) is 3.45. The lowest BCUT2D eigenvalue weighted by atomic mass is 9.80. The molecule has 0 spiro atoms. The molecule has 0 saturated heterocycles. The van der Waals surface area contributed by atoms with Crippen molar-refractivity contribution in [3.63, 3.8) is 0 Å². The Morgan fingerprint density at radius 2 is 1.68 bits per heavy atom. The maximum absolute atomic E-state index is 12.7. The monoisotopic (exact) mass is 496 g/mol. The number of nitro groups is 1. The van der Waals surface area contributed by atoms with E-state index in [4.69, 9.17) is 14.2 Å². The van der Waals surface area contributed by atoms with Crippen LogP contribution in [0.5, 0.6) is 5.75 Å². The van der Waals surface area contributed by atoms with Crippen LogP contribution in [0.1, 0.15) is 38.2 Å². The summed E-state index contributed by atoms with van der Waals surface area (Å²) < 4.78 is 15.8. The molecule has 0 saturated carbocycles. The molecule has 0 atom stereocenters. The zero-order chi connectivity index (χ0) is 23.1. The Bertz CT molecular complexity index is 902. The summed E-state index contributed by atoms with van der Waals surface area (Å²) >= 11 is 3.36. The minimum atomic E-state index is -0.966. The van der Waals surface area contributed by atoms with Crippen molar-refractivity contribution in [1.82, 2.24) is 5.32 Å². The number of nitro benzene ring substituents is 1. The number of dihydropyridines is 1. The van der Waals surface area contributed by atoms with Gasteiger partial charge in [0.15, 0.2) is 0 Å². The quantitative estimate of drug-likeness (QED) is 0.180. The first-order chi connectivity index (χ1) is 14.8. The number of carbonyl (C=O) groups is 2. The number of halogens is 1. The third-order valence-electron chi connectivity index (χ3n) is 4.87. The smallest absolute Gasteiger partial charge is 0.336 e. The minimum absolute atomic E-state index is 0.152. The molecule has 0 aromatic heterocycles. The maximum atomic E-state index is 12.7. The SMILES string of the molecule is COC(=O)C1=C(C)NC(C)=C(C(=O)OC)C1c1cc([N+](=O)[O-])ccc1OCCCCBr. The second-order valence-corrected chi connectivity index (χ2v) is 7.64.